The summed E-state index contributed by atoms with van der Waals surface area (Å²) in [7, 11) is 0. The Morgan fingerprint density at radius 3 is 2.38 bits per heavy atom. The van der Waals surface area contributed by atoms with E-state index in [1.54, 1.807) is 13.8 Å². The summed E-state index contributed by atoms with van der Waals surface area (Å²) >= 11 is 0. The van der Waals surface area contributed by atoms with E-state index in [4.69, 9.17) is 0 Å². The van der Waals surface area contributed by atoms with Crippen LogP contribution in [0.2, 0.25) is 0 Å². The second-order valence-electron chi connectivity index (χ2n) is 13.0. The summed E-state index contributed by atoms with van der Waals surface area (Å²) in [5.41, 5.74) is -1.43. The minimum atomic E-state index is -1.29. The zero-order valence-corrected chi connectivity index (χ0v) is 20.8. The van der Waals surface area contributed by atoms with Gasteiger partial charge < -0.3 is 20.4 Å². The highest BCUT2D eigenvalue weighted by atomic mass is 16.3. The van der Waals surface area contributed by atoms with E-state index in [9.17, 15) is 25.2 Å². The number of rotatable bonds is 5. The largest absolute Gasteiger partial charge is 0.393 e. The average Bonchev–Trinajstić information content (AvgIpc) is 3.06. The Hall–Kier alpha value is -0.490. The van der Waals surface area contributed by atoms with Crippen LogP contribution in [0.3, 0.4) is 0 Å². The summed E-state index contributed by atoms with van der Waals surface area (Å²) in [6.45, 7) is 9.92. The van der Waals surface area contributed by atoms with Gasteiger partial charge in [0.2, 0.25) is 0 Å². The Kier molecular flexibility index (Phi) is 6.40. The molecular formula is C27H46O5. The third-order valence-corrected chi connectivity index (χ3v) is 11.0. The van der Waals surface area contributed by atoms with Gasteiger partial charge in [0.05, 0.1) is 18.3 Å². The van der Waals surface area contributed by atoms with Crippen molar-refractivity contribution in [1.82, 2.24) is 0 Å². The molecule has 11 unspecified atom stereocenters. The van der Waals surface area contributed by atoms with Gasteiger partial charge in [-0.1, -0.05) is 20.8 Å². The van der Waals surface area contributed by atoms with Crippen molar-refractivity contribution in [3.05, 3.63) is 0 Å². The van der Waals surface area contributed by atoms with Crippen molar-refractivity contribution in [3.63, 3.8) is 0 Å². The van der Waals surface area contributed by atoms with E-state index in [0.29, 0.717) is 30.1 Å². The van der Waals surface area contributed by atoms with Gasteiger partial charge in [0.15, 0.2) is 5.78 Å². The van der Waals surface area contributed by atoms with Gasteiger partial charge in [-0.25, -0.2) is 0 Å². The van der Waals surface area contributed by atoms with Gasteiger partial charge in [-0.2, -0.15) is 0 Å². The first-order valence-corrected chi connectivity index (χ1v) is 13.1. The minimum absolute atomic E-state index is 0.0915. The highest BCUT2D eigenvalue weighted by molar-refractivity contribution is 5.86. The molecule has 4 aliphatic carbocycles. The van der Waals surface area contributed by atoms with E-state index in [-0.39, 0.29) is 40.7 Å². The highest BCUT2D eigenvalue weighted by Gasteiger charge is 2.65. The molecule has 0 aromatic carbocycles. The van der Waals surface area contributed by atoms with Crippen LogP contribution in [0.15, 0.2) is 0 Å². The van der Waals surface area contributed by atoms with Gasteiger partial charge in [0.25, 0.3) is 0 Å². The lowest BCUT2D eigenvalue weighted by atomic mass is 9.43. The van der Waals surface area contributed by atoms with E-state index < -0.39 is 11.7 Å². The molecule has 0 aliphatic heterocycles. The predicted octanol–water partition coefficient (Wildman–Crippen LogP) is 3.70. The number of aliphatic hydroxyl groups is 4. The molecule has 5 heteroatoms. The number of aliphatic hydroxyl groups excluding tert-OH is 3. The maximum Gasteiger partial charge on any atom is 0.163 e. The van der Waals surface area contributed by atoms with E-state index in [2.05, 4.69) is 20.8 Å². The second kappa shape index (κ2) is 8.32. The van der Waals surface area contributed by atoms with Gasteiger partial charge in [-0.05, 0) is 112 Å². The monoisotopic (exact) mass is 450 g/mol. The van der Waals surface area contributed by atoms with Crippen LogP contribution in [0.5, 0.6) is 0 Å². The summed E-state index contributed by atoms with van der Waals surface area (Å²) in [6, 6.07) is 0. The fourth-order valence-corrected chi connectivity index (χ4v) is 9.00. The molecule has 5 nitrogen and oxygen atoms in total. The predicted molar refractivity (Wildman–Crippen MR) is 124 cm³/mol. The Morgan fingerprint density at radius 2 is 1.72 bits per heavy atom. The van der Waals surface area contributed by atoms with Crippen LogP contribution in [0.1, 0.15) is 92.4 Å². The molecule has 184 valence electrons. The molecule has 0 aromatic rings. The minimum Gasteiger partial charge on any atom is -0.393 e. The Bertz CT molecular complexity index is 715. The van der Waals surface area contributed by atoms with Gasteiger partial charge >= 0.3 is 0 Å². The van der Waals surface area contributed by atoms with Crippen molar-refractivity contribution >= 4 is 5.78 Å². The molecule has 4 fully saturated rings. The van der Waals surface area contributed by atoms with Crippen LogP contribution in [-0.2, 0) is 4.79 Å². The Labute approximate surface area is 194 Å². The average molecular weight is 451 g/mol. The molecule has 0 aromatic heterocycles. The van der Waals surface area contributed by atoms with Gasteiger partial charge in [0, 0.05) is 6.42 Å². The van der Waals surface area contributed by atoms with Crippen molar-refractivity contribution in [2.75, 3.05) is 0 Å². The molecule has 0 spiro atoms. The normalized spacial score (nSPS) is 49.7. The Balaban J connectivity index is 1.55. The maximum atomic E-state index is 12.3. The van der Waals surface area contributed by atoms with E-state index >= 15 is 0 Å². The molecule has 4 N–H and O–H groups in total. The maximum absolute atomic E-state index is 12.3. The molecular weight excluding hydrogens is 404 g/mol. The molecule has 0 bridgehead atoms. The first-order valence-electron chi connectivity index (χ1n) is 13.1. The van der Waals surface area contributed by atoms with Crippen LogP contribution in [-0.4, -0.2) is 50.1 Å². The van der Waals surface area contributed by atoms with Gasteiger partial charge in [-0.3, -0.25) is 4.79 Å². The lowest BCUT2D eigenvalue weighted by molar-refractivity contribution is -0.207. The van der Waals surface area contributed by atoms with Crippen LogP contribution in [0.25, 0.3) is 0 Å². The molecule has 4 aliphatic rings. The number of ketones is 1. The number of carbonyl (C=O) groups is 1. The lowest BCUT2D eigenvalue weighted by Crippen LogP contribution is -2.62. The fourth-order valence-electron chi connectivity index (χ4n) is 9.00. The first kappa shape index (κ1) is 24.6. The van der Waals surface area contributed by atoms with Crippen LogP contribution < -0.4 is 0 Å². The third kappa shape index (κ3) is 3.79. The van der Waals surface area contributed by atoms with E-state index in [1.165, 1.54) is 0 Å². The molecule has 4 rings (SSSR count). The number of hydrogen-bond acceptors (Lipinski definition) is 5. The third-order valence-electron chi connectivity index (χ3n) is 11.0. The van der Waals surface area contributed by atoms with Crippen LogP contribution in [0.4, 0.5) is 0 Å². The summed E-state index contributed by atoms with van der Waals surface area (Å²) < 4.78 is 0. The summed E-state index contributed by atoms with van der Waals surface area (Å²) in [5.74, 6) is 1.66. The SMILES string of the molecule is CC(CCC(=O)C(C)(C)O)C1CCC2C3C(O)CC4CC(O)CCC4(C)C3CC(O)C12C. The van der Waals surface area contributed by atoms with Crippen LogP contribution in [0, 0.1) is 46.3 Å². The topological polar surface area (TPSA) is 98.0 Å². The number of Topliss-reactive ketones (excluding diaryl/α,β-unsaturated/α-hetero) is 1. The zero-order valence-electron chi connectivity index (χ0n) is 20.8. The summed E-state index contributed by atoms with van der Waals surface area (Å²) in [4.78, 5) is 12.3. The zero-order chi connectivity index (χ0) is 23.6. The smallest absolute Gasteiger partial charge is 0.163 e. The molecule has 0 heterocycles. The second-order valence-corrected chi connectivity index (χ2v) is 13.0. The molecule has 32 heavy (non-hydrogen) atoms. The fraction of sp³-hybridized carbons (Fsp3) is 0.963. The highest BCUT2D eigenvalue weighted by Crippen LogP contribution is 2.68. The van der Waals surface area contributed by atoms with Crippen molar-refractivity contribution in [1.29, 1.82) is 0 Å². The first-order chi connectivity index (χ1) is 14.8. The molecule has 11 atom stereocenters. The van der Waals surface area contributed by atoms with E-state index in [0.717, 1.165) is 51.4 Å². The molecule has 0 saturated heterocycles. The van der Waals surface area contributed by atoms with Crippen molar-refractivity contribution < 1.29 is 25.2 Å². The van der Waals surface area contributed by atoms with Crippen molar-refractivity contribution in [3.8, 4) is 0 Å². The summed E-state index contributed by atoms with van der Waals surface area (Å²) in [6.07, 6.45) is 6.28. The molecule has 0 amide bonds. The van der Waals surface area contributed by atoms with E-state index in [1.807, 2.05) is 0 Å². The van der Waals surface area contributed by atoms with Crippen molar-refractivity contribution in [2.24, 2.45) is 46.3 Å². The van der Waals surface area contributed by atoms with Crippen LogP contribution >= 0.6 is 0 Å². The Morgan fingerprint density at radius 1 is 1.03 bits per heavy atom. The number of carbonyl (C=O) groups excluding carboxylic acids is 1. The molecule has 4 saturated carbocycles. The van der Waals surface area contributed by atoms with Gasteiger partial charge in [0.1, 0.15) is 5.60 Å². The summed E-state index contributed by atoms with van der Waals surface area (Å²) in [5, 5.41) is 43.2. The molecule has 0 radical (unpaired) electrons. The number of hydrogen-bond donors (Lipinski definition) is 4. The number of fused-ring (bicyclic) bond motifs is 5. The standard InChI is InChI=1S/C27H46O5/c1-15(6-9-22(30)25(2,3)32)18-7-8-19-24-20(14-23(31)27(18,19)5)26(4)11-10-17(28)12-16(26)13-21(24)29/h15-21,23-24,28-29,31-32H,6-14H2,1-5H3. The quantitative estimate of drug-likeness (QED) is 0.512. The lowest BCUT2D eigenvalue weighted by Gasteiger charge is -2.63. The van der Waals surface area contributed by atoms with Gasteiger partial charge in [-0.15, -0.1) is 0 Å². The van der Waals surface area contributed by atoms with Crippen molar-refractivity contribution in [2.45, 2.75) is 116 Å².